The minimum absolute atomic E-state index is 0.116. The average Bonchev–Trinajstić information content (AvgIpc) is 2.86. The first-order valence-corrected chi connectivity index (χ1v) is 7.52. The number of amides is 3. The molecule has 0 aromatic heterocycles. The highest BCUT2D eigenvalue weighted by Gasteiger charge is 2.30. The molecule has 1 saturated heterocycles. The van der Waals surface area contributed by atoms with Crippen molar-refractivity contribution < 1.29 is 14.4 Å². The van der Waals surface area contributed by atoms with Gasteiger partial charge in [-0.25, -0.2) is 4.90 Å². The molecule has 2 aliphatic heterocycles. The van der Waals surface area contributed by atoms with E-state index in [2.05, 4.69) is 6.92 Å². The van der Waals surface area contributed by atoms with Crippen LogP contribution >= 0.6 is 0 Å². The second kappa shape index (κ2) is 5.75. The molecule has 0 N–H and O–H groups in total. The fourth-order valence-electron chi connectivity index (χ4n) is 2.87. The van der Waals surface area contributed by atoms with E-state index in [-0.39, 0.29) is 5.91 Å². The molecule has 1 aromatic rings. The Labute approximate surface area is 129 Å². The molecule has 1 fully saturated rings. The van der Waals surface area contributed by atoms with Gasteiger partial charge in [0.05, 0.1) is 11.3 Å². The summed E-state index contributed by atoms with van der Waals surface area (Å²) in [5, 5.41) is 0. The Bertz CT molecular complexity index is 640. The molecule has 3 rings (SSSR count). The van der Waals surface area contributed by atoms with Crippen molar-refractivity contribution in [2.75, 3.05) is 18.0 Å². The van der Waals surface area contributed by atoms with Gasteiger partial charge in [0, 0.05) is 25.2 Å². The van der Waals surface area contributed by atoms with E-state index in [1.54, 1.807) is 29.2 Å². The van der Waals surface area contributed by atoms with Crippen molar-refractivity contribution in [3.8, 4) is 0 Å². The second-order valence-corrected chi connectivity index (χ2v) is 5.84. The minimum atomic E-state index is -0.405. The summed E-state index contributed by atoms with van der Waals surface area (Å²) in [4.78, 5) is 39.4. The first-order valence-electron chi connectivity index (χ1n) is 7.52. The number of benzene rings is 1. The van der Waals surface area contributed by atoms with E-state index in [9.17, 15) is 14.4 Å². The molecule has 1 aromatic carbocycles. The zero-order valence-electron chi connectivity index (χ0n) is 12.5. The number of nitrogens with zero attached hydrogens (tertiary/aromatic N) is 2. The Kier molecular flexibility index (Phi) is 3.79. The summed E-state index contributed by atoms with van der Waals surface area (Å²) in [5.74, 6) is -0.296. The number of carbonyl (C=O) groups is 3. The molecule has 114 valence electrons. The second-order valence-electron chi connectivity index (χ2n) is 5.84. The maximum absolute atomic E-state index is 12.8. The van der Waals surface area contributed by atoms with Crippen molar-refractivity contribution in [2.24, 2.45) is 5.92 Å². The van der Waals surface area contributed by atoms with Crippen molar-refractivity contribution in [3.63, 3.8) is 0 Å². The van der Waals surface area contributed by atoms with Gasteiger partial charge in [-0.3, -0.25) is 14.4 Å². The predicted molar refractivity (Wildman–Crippen MR) is 82.4 cm³/mol. The van der Waals surface area contributed by atoms with Crippen LogP contribution in [0.3, 0.4) is 0 Å². The highest BCUT2D eigenvalue weighted by Crippen LogP contribution is 2.26. The standard InChI is InChI=1S/C17H18N2O3/c1-12-8-10-18(11-9-12)17(22)13-4-2-3-5-14(13)19-15(20)6-7-16(19)21/h2-7,12H,8-11H2,1H3. The van der Waals surface area contributed by atoms with Crippen LogP contribution in [0.2, 0.25) is 0 Å². The van der Waals surface area contributed by atoms with Crippen LogP contribution in [0.5, 0.6) is 0 Å². The van der Waals surface area contributed by atoms with Crippen molar-refractivity contribution in [3.05, 3.63) is 42.0 Å². The molecule has 0 bridgehead atoms. The molecule has 5 nitrogen and oxygen atoms in total. The van der Waals surface area contributed by atoms with Gasteiger partial charge in [0.25, 0.3) is 17.7 Å². The lowest BCUT2D eigenvalue weighted by molar-refractivity contribution is -0.119. The Hall–Kier alpha value is -2.43. The number of carbonyl (C=O) groups excluding carboxylic acids is 3. The van der Waals surface area contributed by atoms with E-state index in [0.717, 1.165) is 17.7 Å². The van der Waals surface area contributed by atoms with E-state index in [1.165, 1.54) is 12.2 Å². The van der Waals surface area contributed by atoms with E-state index >= 15 is 0 Å². The minimum Gasteiger partial charge on any atom is -0.339 e. The number of rotatable bonds is 2. The summed E-state index contributed by atoms with van der Waals surface area (Å²) >= 11 is 0. The van der Waals surface area contributed by atoms with Gasteiger partial charge in [0.15, 0.2) is 0 Å². The monoisotopic (exact) mass is 298 g/mol. The van der Waals surface area contributed by atoms with Crippen LogP contribution in [-0.2, 0) is 9.59 Å². The summed E-state index contributed by atoms with van der Waals surface area (Å²) in [6.45, 7) is 3.62. The normalized spacial score (nSPS) is 19.1. The Morgan fingerprint density at radius 3 is 2.27 bits per heavy atom. The molecule has 0 spiro atoms. The van der Waals surface area contributed by atoms with Gasteiger partial charge < -0.3 is 4.90 Å². The predicted octanol–water partition coefficient (Wildman–Crippen LogP) is 1.99. The van der Waals surface area contributed by atoms with Gasteiger partial charge in [-0.05, 0) is 30.9 Å². The molecule has 3 amide bonds. The third-order valence-electron chi connectivity index (χ3n) is 4.26. The molecule has 0 saturated carbocycles. The molecule has 22 heavy (non-hydrogen) atoms. The quantitative estimate of drug-likeness (QED) is 0.785. The molecule has 0 atom stereocenters. The van der Waals surface area contributed by atoms with E-state index in [1.807, 2.05) is 0 Å². The Balaban J connectivity index is 1.90. The number of anilines is 1. The van der Waals surface area contributed by atoms with Gasteiger partial charge in [-0.2, -0.15) is 0 Å². The van der Waals surface area contributed by atoms with Crippen LogP contribution in [0.15, 0.2) is 36.4 Å². The Morgan fingerprint density at radius 2 is 1.64 bits per heavy atom. The highest BCUT2D eigenvalue weighted by atomic mass is 16.2. The number of likely N-dealkylation sites (tertiary alicyclic amines) is 1. The van der Waals surface area contributed by atoms with Gasteiger partial charge in [0.1, 0.15) is 0 Å². The van der Waals surface area contributed by atoms with Gasteiger partial charge in [-0.1, -0.05) is 19.1 Å². The number of imide groups is 1. The summed E-state index contributed by atoms with van der Waals surface area (Å²) in [6, 6.07) is 6.79. The lowest BCUT2D eigenvalue weighted by atomic mass is 9.98. The summed E-state index contributed by atoms with van der Waals surface area (Å²) < 4.78 is 0. The van der Waals surface area contributed by atoms with E-state index < -0.39 is 11.8 Å². The largest absolute Gasteiger partial charge is 0.339 e. The van der Waals surface area contributed by atoms with Crippen molar-refractivity contribution in [1.82, 2.24) is 4.90 Å². The zero-order chi connectivity index (χ0) is 15.7. The third-order valence-corrected chi connectivity index (χ3v) is 4.26. The van der Waals surface area contributed by atoms with E-state index in [0.29, 0.717) is 30.3 Å². The number of piperidine rings is 1. The summed E-state index contributed by atoms with van der Waals surface area (Å²) in [7, 11) is 0. The van der Waals surface area contributed by atoms with Crippen molar-refractivity contribution in [2.45, 2.75) is 19.8 Å². The maximum atomic E-state index is 12.8. The molecular formula is C17H18N2O3. The van der Waals surface area contributed by atoms with Crippen LogP contribution in [0.25, 0.3) is 0 Å². The average molecular weight is 298 g/mol. The zero-order valence-corrected chi connectivity index (χ0v) is 12.5. The molecule has 5 heteroatoms. The molecule has 2 aliphatic rings. The van der Waals surface area contributed by atoms with Crippen LogP contribution in [-0.4, -0.2) is 35.7 Å². The lowest BCUT2D eigenvalue weighted by Gasteiger charge is -2.31. The molecule has 0 unspecified atom stereocenters. The number of para-hydroxylation sites is 1. The SMILES string of the molecule is CC1CCN(C(=O)c2ccccc2N2C(=O)C=CC2=O)CC1. The van der Waals surface area contributed by atoms with Crippen molar-refractivity contribution >= 4 is 23.4 Å². The fourth-order valence-corrected chi connectivity index (χ4v) is 2.87. The number of hydrogen-bond acceptors (Lipinski definition) is 3. The smallest absolute Gasteiger partial charge is 0.258 e. The fraction of sp³-hybridized carbons (Fsp3) is 0.353. The first-order chi connectivity index (χ1) is 10.6. The molecule has 0 radical (unpaired) electrons. The molecular weight excluding hydrogens is 280 g/mol. The topological polar surface area (TPSA) is 57.7 Å². The first kappa shape index (κ1) is 14.5. The van der Waals surface area contributed by atoms with Gasteiger partial charge >= 0.3 is 0 Å². The highest BCUT2D eigenvalue weighted by molar-refractivity contribution is 6.29. The van der Waals surface area contributed by atoms with Gasteiger partial charge in [-0.15, -0.1) is 0 Å². The van der Waals surface area contributed by atoms with Crippen LogP contribution in [0, 0.1) is 5.92 Å². The maximum Gasteiger partial charge on any atom is 0.258 e. The van der Waals surface area contributed by atoms with Crippen LogP contribution < -0.4 is 4.90 Å². The summed E-state index contributed by atoms with van der Waals surface area (Å²) in [6.07, 6.45) is 4.42. The van der Waals surface area contributed by atoms with Crippen LogP contribution in [0.4, 0.5) is 5.69 Å². The van der Waals surface area contributed by atoms with Crippen LogP contribution in [0.1, 0.15) is 30.1 Å². The molecule has 0 aliphatic carbocycles. The van der Waals surface area contributed by atoms with Gasteiger partial charge in [0.2, 0.25) is 0 Å². The Morgan fingerprint density at radius 1 is 1.05 bits per heavy atom. The summed E-state index contributed by atoms with van der Waals surface area (Å²) in [5.41, 5.74) is 0.772. The van der Waals surface area contributed by atoms with Crippen molar-refractivity contribution in [1.29, 1.82) is 0 Å². The number of hydrogen-bond donors (Lipinski definition) is 0. The molecule has 2 heterocycles. The van der Waals surface area contributed by atoms with E-state index in [4.69, 9.17) is 0 Å². The lowest BCUT2D eigenvalue weighted by Crippen LogP contribution is -2.39. The third kappa shape index (κ3) is 2.54.